The Bertz CT molecular complexity index is 1180. The molecule has 0 aliphatic carbocycles. The van der Waals surface area contributed by atoms with Crippen LogP contribution in [0.4, 0.5) is 13.2 Å². The van der Waals surface area contributed by atoms with Crippen LogP contribution in [-0.4, -0.2) is 34.8 Å². The average Bonchev–Trinajstić information content (AvgIpc) is 2.98. The number of rotatable bonds is 6. The molecule has 1 aromatic heterocycles. The molecule has 160 valence electrons. The summed E-state index contributed by atoms with van der Waals surface area (Å²) in [4.78, 5) is 15.5. The van der Waals surface area contributed by atoms with E-state index in [-0.39, 0.29) is 28.6 Å². The Morgan fingerprint density at radius 2 is 1.53 bits per heavy atom. The van der Waals surface area contributed by atoms with Crippen molar-refractivity contribution in [2.45, 2.75) is 17.6 Å². The maximum atomic E-state index is 12.7. The maximum absolute atomic E-state index is 12.7. The number of halogens is 3. The highest BCUT2D eigenvalue weighted by Gasteiger charge is 2.30. The first kappa shape index (κ1) is 21.5. The molecular weight excluding hydrogens is 427 g/mol. The lowest BCUT2D eigenvalue weighted by molar-refractivity contribution is -0.137. The summed E-state index contributed by atoms with van der Waals surface area (Å²) in [6.07, 6.45) is -4.45. The molecule has 0 amide bonds. The minimum atomic E-state index is -4.45. The van der Waals surface area contributed by atoms with Crippen LogP contribution in [0.15, 0.2) is 58.2 Å². The van der Waals surface area contributed by atoms with Gasteiger partial charge in [0, 0.05) is 7.05 Å². The van der Waals surface area contributed by atoms with Crippen LogP contribution in [0.1, 0.15) is 11.3 Å². The number of aromatic nitrogens is 2. The van der Waals surface area contributed by atoms with E-state index < -0.39 is 33.3 Å². The molecule has 3 aromatic rings. The molecule has 0 spiro atoms. The van der Waals surface area contributed by atoms with Crippen LogP contribution in [0.5, 0.6) is 17.4 Å². The molecule has 3 N–H and O–H groups in total. The van der Waals surface area contributed by atoms with Crippen LogP contribution in [0.25, 0.3) is 0 Å². The normalized spacial score (nSPS) is 12.3. The van der Waals surface area contributed by atoms with Crippen molar-refractivity contribution in [1.29, 1.82) is 0 Å². The minimum Gasteiger partial charge on any atom is -0.493 e. The molecule has 0 aliphatic heterocycles. The van der Waals surface area contributed by atoms with Crippen molar-refractivity contribution in [3.05, 3.63) is 70.3 Å². The van der Waals surface area contributed by atoms with Gasteiger partial charge in [0.15, 0.2) is 0 Å². The molecule has 2 aromatic carbocycles. The van der Waals surface area contributed by atoms with Gasteiger partial charge in [0.05, 0.1) is 22.7 Å². The van der Waals surface area contributed by atoms with Gasteiger partial charge in [-0.3, -0.25) is 4.98 Å². The summed E-state index contributed by atoms with van der Waals surface area (Å²) < 4.78 is 69.4. The number of alkyl halides is 3. The van der Waals surface area contributed by atoms with Gasteiger partial charge in [-0.25, -0.2) is 13.2 Å². The standard InChI is InChI=1S/C18H16F3N3O5S/c1-24(10-15-16(25)23-17(26)22-15)30(27,28)14-8-6-13(7-9-14)29-12-4-2-11(3-5-12)18(19,20)21/h2-9,25H,10H2,1H3,(H2,22,23,26). The fourth-order valence-corrected chi connectivity index (χ4v) is 3.68. The average molecular weight is 443 g/mol. The largest absolute Gasteiger partial charge is 0.493 e. The van der Waals surface area contributed by atoms with Crippen LogP contribution in [-0.2, 0) is 22.7 Å². The molecule has 0 atom stereocenters. The summed E-state index contributed by atoms with van der Waals surface area (Å²) in [5, 5.41) is 9.57. The quantitative estimate of drug-likeness (QED) is 0.542. The number of hydrogen-bond donors (Lipinski definition) is 3. The van der Waals surface area contributed by atoms with E-state index in [0.29, 0.717) is 0 Å². The second-order valence-corrected chi connectivity index (χ2v) is 8.31. The lowest BCUT2D eigenvalue weighted by Crippen LogP contribution is -2.26. The van der Waals surface area contributed by atoms with E-state index in [9.17, 15) is 31.5 Å². The number of benzene rings is 2. The first-order valence-corrected chi connectivity index (χ1v) is 9.82. The van der Waals surface area contributed by atoms with E-state index >= 15 is 0 Å². The molecule has 1 heterocycles. The Labute approximate surface area is 168 Å². The molecule has 3 rings (SSSR count). The number of H-pyrrole nitrogens is 2. The zero-order valence-corrected chi connectivity index (χ0v) is 16.2. The van der Waals surface area contributed by atoms with E-state index in [0.717, 1.165) is 28.6 Å². The van der Waals surface area contributed by atoms with Crippen LogP contribution in [0.3, 0.4) is 0 Å². The van der Waals surface area contributed by atoms with Crippen LogP contribution >= 0.6 is 0 Å². The molecule has 0 saturated carbocycles. The zero-order valence-electron chi connectivity index (χ0n) is 15.4. The van der Waals surface area contributed by atoms with Crippen molar-refractivity contribution in [1.82, 2.24) is 14.3 Å². The van der Waals surface area contributed by atoms with Gasteiger partial charge in [-0.15, -0.1) is 0 Å². The van der Waals surface area contributed by atoms with E-state index in [1.807, 2.05) is 0 Å². The van der Waals surface area contributed by atoms with E-state index in [2.05, 4.69) is 9.97 Å². The molecular formula is C18H16F3N3O5S. The Morgan fingerprint density at radius 1 is 1.00 bits per heavy atom. The predicted octanol–water partition coefficient (Wildman–Crippen LogP) is 3.04. The van der Waals surface area contributed by atoms with Gasteiger partial charge in [0.1, 0.15) is 11.5 Å². The molecule has 30 heavy (non-hydrogen) atoms. The van der Waals surface area contributed by atoms with Gasteiger partial charge in [0.2, 0.25) is 15.9 Å². The fraction of sp³-hybridized carbons (Fsp3) is 0.167. The van der Waals surface area contributed by atoms with Crippen molar-refractivity contribution >= 4 is 10.0 Å². The molecule has 0 radical (unpaired) electrons. The van der Waals surface area contributed by atoms with Crippen molar-refractivity contribution in [2.24, 2.45) is 0 Å². The highest BCUT2D eigenvalue weighted by Crippen LogP contribution is 2.31. The zero-order chi connectivity index (χ0) is 22.1. The Hall–Kier alpha value is -3.25. The summed E-state index contributed by atoms with van der Waals surface area (Å²) in [6, 6.07) is 9.32. The monoisotopic (exact) mass is 443 g/mol. The topological polar surface area (TPSA) is 115 Å². The van der Waals surface area contributed by atoms with E-state index in [4.69, 9.17) is 4.74 Å². The molecule has 0 saturated heterocycles. The van der Waals surface area contributed by atoms with Crippen molar-refractivity contribution in [3.63, 3.8) is 0 Å². The maximum Gasteiger partial charge on any atom is 0.416 e. The minimum absolute atomic E-state index is 0.00771. The summed E-state index contributed by atoms with van der Waals surface area (Å²) in [6.45, 7) is -0.281. The molecule has 8 nitrogen and oxygen atoms in total. The highest BCUT2D eigenvalue weighted by atomic mass is 32.2. The lowest BCUT2D eigenvalue weighted by atomic mass is 10.2. The number of imidazole rings is 1. The number of aromatic hydroxyl groups is 1. The first-order valence-electron chi connectivity index (χ1n) is 8.38. The number of nitrogens with one attached hydrogen (secondary N) is 2. The van der Waals surface area contributed by atoms with Crippen LogP contribution in [0.2, 0.25) is 0 Å². The van der Waals surface area contributed by atoms with E-state index in [1.54, 1.807) is 0 Å². The lowest BCUT2D eigenvalue weighted by Gasteiger charge is -2.16. The number of aromatic amines is 2. The SMILES string of the molecule is CN(Cc1[nH]c(=O)[nH]c1O)S(=O)(=O)c1ccc(Oc2ccc(C(F)(F)F)cc2)cc1. The van der Waals surface area contributed by atoms with Gasteiger partial charge in [-0.05, 0) is 48.5 Å². The smallest absolute Gasteiger partial charge is 0.416 e. The molecule has 0 unspecified atom stereocenters. The van der Waals surface area contributed by atoms with Gasteiger partial charge < -0.3 is 14.8 Å². The summed E-state index contributed by atoms with van der Waals surface area (Å²) >= 11 is 0. The Morgan fingerprint density at radius 3 is 2.00 bits per heavy atom. The second-order valence-electron chi connectivity index (χ2n) is 6.26. The van der Waals surface area contributed by atoms with Crippen molar-refractivity contribution < 1.29 is 31.4 Å². The third-order valence-electron chi connectivity index (χ3n) is 4.11. The summed E-state index contributed by atoms with van der Waals surface area (Å²) in [7, 11) is -2.68. The Balaban J connectivity index is 1.72. The summed E-state index contributed by atoms with van der Waals surface area (Å²) in [5.74, 6) is -0.0751. The second kappa shape index (κ2) is 7.88. The number of hydrogen-bond acceptors (Lipinski definition) is 5. The van der Waals surface area contributed by atoms with E-state index in [1.165, 1.54) is 31.3 Å². The van der Waals surface area contributed by atoms with Gasteiger partial charge in [-0.2, -0.15) is 17.5 Å². The molecule has 0 aliphatic rings. The van der Waals surface area contributed by atoms with Gasteiger partial charge in [-0.1, -0.05) is 0 Å². The number of sulfonamides is 1. The fourth-order valence-electron chi connectivity index (χ4n) is 2.54. The van der Waals surface area contributed by atoms with Gasteiger partial charge >= 0.3 is 11.9 Å². The van der Waals surface area contributed by atoms with Gasteiger partial charge in [0.25, 0.3) is 0 Å². The van der Waals surface area contributed by atoms with Crippen molar-refractivity contribution in [3.8, 4) is 17.4 Å². The molecule has 12 heteroatoms. The third kappa shape index (κ3) is 4.66. The first-order chi connectivity index (χ1) is 14.0. The molecule has 0 bridgehead atoms. The number of ether oxygens (including phenoxy) is 1. The predicted molar refractivity (Wildman–Crippen MR) is 99.7 cm³/mol. The highest BCUT2D eigenvalue weighted by molar-refractivity contribution is 7.89. The van der Waals surface area contributed by atoms with Crippen molar-refractivity contribution in [2.75, 3.05) is 7.05 Å². The third-order valence-corrected chi connectivity index (χ3v) is 5.93. The van der Waals surface area contributed by atoms with Crippen LogP contribution in [0, 0.1) is 0 Å². The summed E-state index contributed by atoms with van der Waals surface area (Å²) in [5.41, 5.74) is -1.47. The van der Waals surface area contributed by atoms with Crippen LogP contribution < -0.4 is 10.4 Å². The molecule has 0 fully saturated rings. The number of nitrogens with zero attached hydrogens (tertiary/aromatic N) is 1. The Kier molecular flexibility index (Phi) is 5.63.